The van der Waals surface area contributed by atoms with Gasteiger partial charge >= 0.3 is 0 Å². The summed E-state index contributed by atoms with van der Waals surface area (Å²) in [6.07, 6.45) is 0.627. The Labute approximate surface area is 65.2 Å². The number of aromatic nitrogens is 2. The van der Waals surface area contributed by atoms with E-state index in [1.807, 2.05) is 24.6 Å². The molecule has 0 bridgehead atoms. The van der Waals surface area contributed by atoms with Crippen molar-refractivity contribution >= 4 is 12.2 Å². The molecule has 0 spiro atoms. The zero-order valence-electron chi connectivity index (χ0n) is 6.66. The molecule has 0 saturated carbocycles. The zero-order valence-corrected chi connectivity index (χ0v) is 6.66. The number of carbonyl (C=O) groups is 1. The zero-order chi connectivity index (χ0) is 8.27. The summed E-state index contributed by atoms with van der Waals surface area (Å²) in [6.45, 7) is 4.78. The SMILES string of the molecule is CCn1nc(NC=O)cc1C. The standard InChI is InChI=1S/C7H11N3O/c1-3-10-6(2)4-7(9-10)8-5-11/h4-5H,3H2,1-2H3,(H,8,9,11). The van der Waals surface area contributed by atoms with E-state index in [9.17, 15) is 4.79 Å². The van der Waals surface area contributed by atoms with Crippen molar-refractivity contribution in [2.75, 3.05) is 5.32 Å². The maximum absolute atomic E-state index is 10.0. The Balaban J connectivity index is 2.85. The van der Waals surface area contributed by atoms with Crippen LogP contribution in [0.1, 0.15) is 12.6 Å². The highest BCUT2D eigenvalue weighted by atomic mass is 16.1. The predicted octanol–water partition coefficient (Wildman–Crippen LogP) is 0.780. The summed E-state index contributed by atoms with van der Waals surface area (Å²) in [6, 6.07) is 1.83. The minimum Gasteiger partial charge on any atom is -0.312 e. The van der Waals surface area contributed by atoms with Crippen LogP contribution in [0.25, 0.3) is 0 Å². The van der Waals surface area contributed by atoms with E-state index < -0.39 is 0 Å². The lowest BCUT2D eigenvalue weighted by atomic mass is 10.4. The van der Waals surface area contributed by atoms with Crippen LogP contribution in [0.2, 0.25) is 0 Å². The van der Waals surface area contributed by atoms with Crippen molar-refractivity contribution in [2.45, 2.75) is 20.4 Å². The Morgan fingerprint density at radius 2 is 2.55 bits per heavy atom. The van der Waals surface area contributed by atoms with E-state index in [1.165, 1.54) is 0 Å². The van der Waals surface area contributed by atoms with Gasteiger partial charge in [-0.15, -0.1) is 0 Å². The van der Waals surface area contributed by atoms with Gasteiger partial charge in [0.2, 0.25) is 6.41 Å². The molecule has 0 fully saturated rings. The number of anilines is 1. The van der Waals surface area contributed by atoms with Crippen molar-refractivity contribution in [2.24, 2.45) is 0 Å². The van der Waals surface area contributed by atoms with Gasteiger partial charge in [0.25, 0.3) is 0 Å². The van der Waals surface area contributed by atoms with Crippen LogP contribution in [-0.2, 0) is 11.3 Å². The first-order valence-corrected chi connectivity index (χ1v) is 3.52. The molecule has 1 rings (SSSR count). The average Bonchev–Trinajstić information content (AvgIpc) is 2.32. The number of nitrogens with zero attached hydrogens (tertiary/aromatic N) is 2. The first kappa shape index (κ1) is 7.78. The molecule has 1 N–H and O–H groups in total. The Morgan fingerprint density at radius 1 is 1.82 bits per heavy atom. The lowest BCUT2D eigenvalue weighted by Crippen LogP contribution is -2.00. The topological polar surface area (TPSA) is 46.9 Å². The fourth-order valence-electron chi connectivity index (χ4n) is 0.961. The van der Waals surface area contributed by atoms with Crippen LogP contribution in [-0.4, -0.2) is 16.2 Å². The predicted molar refractivity (Wildman–Crippen MR) is 42.3 cm³/mol. The van der Waals surface area contributed by atoms with Gasteiger partial charge in [-0.2, -0.15) is 5.10 Å². The summed E-state index contributed by atoms with van der Waals surface area (Å²) in [5.74, 6) is 0.611. The molecule has 1 aromatic heterocycles. The largest absolute Gasteiger partial charge is 0.312 e. The van der Waals surface area contributed by atoms with Crippen LogP contribution in [0.15, 0.2) is 6.07 Å². The average molecular weight is 153 g/mol. The van der Waals surface area contributed by atoms with Crippen molar-refractivity contribution in [3.63, 3.8) is 0 Å². The van der Waals surface area contributed by atoms with Crippen molar-refractivity contribution in [3.05, 3.63) is 11.8 Å². The number of rotatable bonds is 3. The normalized spacial score (nSPS) is 9.64. The summed E-state index contributed by atoms with van der Waals surface area (Å²) in [7, 11) is 0. The summed E-state index contributed by atoms with van der Waals surface area (Å²) in [5, 5.41) is 6.58. The van der Waals surface area contributed by atoms with Gasteiger partial charge in [-0.1, -0.05) is 0 Å². The number of hydrogen-bond donors (Lipinski definition) is 1. The molecule has 1 heterocycles. The third kappa shape index (κ3) is 1.58. The third-order valence-corrected chi connectivity index (χ3v) is 1.49. The van der Waals surface area contributed by atoms with E-state index in [2.05, 4.69) is 10.4 Å². The highest BCUT2D eigenvalue weighted by Crippen LogP contribution is 2.06. The molecule has 0 radical (unpaired) electrons. The Bertz CT molecular complexity index is 254. The highest BCUT2D eigenvalue weighted by molar-refractivity contribution is 5.68. The highest BCUT2D eigenvalue weighted by Gasteiger charge is 1.99. The number of carbonyl (C=O) groups excluding carboxylic acids is 1. The second kappa shape index (κ2) is 3.18. The fraction of sp³-hybridized carbons (Fsp3) is 0.429. The van der Waals surface area contributed by atoms with Gasteiger partial charge in [-0.3, -0.25) is 9.48 Å². The molecule has 11 heavy (non-hydrogen) atoms. The van der Waals surface area contributed by atoms with Crippen LogP contribution in [0.5, 0.6) is 0 Å². The van der Waals surface area contributed by atoms with Crippen LogP contribution in [0.3, 0.4) is 0 Å². The molecular formula is C7H11N3O. The van der Waals surface area contributed by atoms with Crippen LogP contribution >= 0.6 is 0 Å². The van der Waals surface area contributed by atoms with E-state index in [1.54, 1.807) is 0 Å². The van der Waals surface area contributed by atoms with Crippen LogP contribution < -0.4 is 5.32 Å². The third-order valence-electron chi connectivity index (χ3n) is 1.49. The summed E-state index contributed by atoms with van der Waals surface area (Å²) in [5.41, 5.74) is 1.05. The minimum absolute atomic E-state index is 0.611. The maximum Gasteiger partial charge on any atom is 0.212 e. The molecular weight excluding hydrogens is 142 g/mol. The minimum atomic E-state index is 0.611. The number of amides is 1. The molecule has 4 heteroatoms. The summed E-state index contributed by atoms with van der Waals surface area (Å²) in [4.78, 5) is 10.0. The molecule has 0 saturated heterocycles. The van der Waals surface area contributed by atoms with Gasteiger partial charge in [0, 0.05) is 18.3 Å². The number of aryl methyl sites for hydroxylation is 2. The number of nitrogens with one attached hydrogen (secondary N) is 1. The van der Waals surface area contributed by atoms with E-state index >= 15 is 0 Å². The quantitative estimate of drug-likeness (QED) is 0.652. The van der Waals surface area contributed by atoms with Gasteiger partial charge in [0.15, 0.2) is 5.82 Å². The maximum atomic E-state index is 10.0. The Morgan fingerprint density at radius 3 is 3.00 bits per heavy atom. The van der Waals surface area contributed by atoms with Gasteiger partial charge in [0.05, 0.1) is 0 Å². The van der Waals surface area contributed by atoms with E-state index in [-0.39, 0.29) is 0 Å². The van der Waals surface area contributed by atoms with Crippen molar-refractivity contribution in [1.82, 2.24) is 9.78 Å². The smallest absolute Gasteiger partial charge is 0.212 e. The van der Waals surface area contributed by atoms with Crippen LogP contribution in [0.4, 0.5) is 5.82 Å². The molecule has 0 atom stereocenters. The molecule has 60 valence electrons. The number of hydrogen-bond acceptors (Lipinski definition) is 2. The second-order valence-corrected chi connectivity index (χ2v) is 2.25. The molecule has 0 unspecified atom stereocenters. The van der Waals surface area contributed by atoms with Gasteiger partial charge in [-0.05, 0) is 13.8 Å². The van der Waals surface area contributed by atoms with Crippen molar-refractivity contribution < 1.29 is 4.79 Å². The Hall–Kier alpha value is -1.32. The van der Waals surface area contributed by atoms with E-state index in [4.69, 9.17) is 0 Å². The molecule has 0 aliphatic heterocycles. The molecule has 1 aromatic rings. The fourth-order valence-corrected chi connectivity index (χ4v) is 0.961. The lowest BCUT2D eigenvalue weighted by molar-refractivity contribution is -0.105. The van der Waals surface area contributed by atoms with Crippen molar-refractivity contribution in [1.29, 1.82) is 0 Å². The molecule has 0 aliphatic carbocycles. The van der Waals surface area contributed by atoms with Gasteiger partial charge < -0.3 is 5.32 Å². The molecule has 0 aliphatic rings. The monoisotopic (exact) mass is 153 g/mol. The van der Waals surface area contributed by atoms with Crippen LogP contribution in [0, 0.1) is 6.92 Å². The molecule has 0 aromatic carbocycles. The van der Waals surface area contributed by atoms with Gasteiger partial charge in [0.1, 0.15) is 0 Å². The molecule has 1 amide bonds. The summed E-state index contributed by atoms with van der Waals surface area (Å²) < 4.78 is 1.83. The van der Waals surface area contributed by atoms with E-state index in [0.29, 0.717) is 12.2 Å². The lowest BCUT2D eigenvalue weighted by Gasteiger charge is -1.95. The Kier molecular flexibility index (Phi) is 2.25. The van der Waals surface area contributed by atoms with E-state index in [0.717, 1.165) is 12.2 Å². The molecule has 4 nitrogen and oxygen atoms in total. The second-order valence-electron chi connectivity index (χ2n) is 2.25. The summed E-state index contributed by atoms with van der Waals surface area (Å²) >= 11 is 0. The van der Waals surface area contributed by atoms with Gasteiger partial charge in [-0.25, -0.2) is 0 Å². The first-order valence-electron chi connectivity index (χ1n) is 3.52. The first-order chi connectivity index (χ1) is 5.27. The van der Waals surface area contributed by atoms with Crippen molar-refractivity contribution in [3.8, 4) is 0 Å².